The molecule has 0 rings (SSSR count). The quantitative estimate of drug-likeness (QED) is 0.259. The third-order valence-electron chi connectivity index (χ3n) is 1.87. The summed E-state index contributed by atoms with van der Waals surface area (Å²) in [6, 6.07) is 0. The van der Waals surface area contributed by atoms with Crippen LogP contribution in [0.1, 0.15) is 13.8 Å². The van der Waals surface area contributed by atoms with E-state index < -0.39 is 12.5 Å². The van der Waals surface area contributed by atoms with Crippen LogP contribution in [0.5, 0.6) is 0 Å². The fraction of sp³-hybridized carbons (Fsp3) is 0.833. The molecule has 1 N–H and O–H groups in total. The Balaban J connectivity index is 0. The van der Waals surface area contributed by atoms with Gasteiger partial charge in [0.2, 0.25) is 0 Å². The van der Waals surface area contributed by atoms with Crippen LogP contribution in [-0.2, 0) is 4.57 Å². The Bertz CT molecular complexity index is 221. The van der Waals surface area contributed by atoms with Crippen LogP contribution in [0.25, 0.3) is 0 Å². The van der Waals surface area contributed by atoms with Crippen molar-refractivity contribution >= 4 is 12.9 Å². The molecule has 0 saturated heterocycles. The van der Waals surface area contributed by atoms with Crippen molar-refractivity contribution in [2.75, 3.05) is 13.3 Å². The van der Waals surface area contributed by atoms with E-state index in [-0.39, 0.29) is 57.1 Å². The molecule has 12 heavy (non-hydrogen) atoms. The zero-order chi connectivity index (χ0) is 9.28. The van der Waals surface area contributed by atoms with E-state index in [2.05, 4.69) is 5.16 Å². The first-order valence-corrected chi connectivity index (χ1v) is 5.78. The van der Waals surface area contributed by atoms with Gasteiger partial charge in [-0.25, -0.2) is 0 Å². The molecule has 0 radical (unpaired) electrons. The summed E-state index contributed by atoms with van der Waals surface area (Å²) < 4.78 is 11.4. The summed E-state index contributed by atoms with van der Waals surface area (Å²) in [5.41, 5.74) is -0.0363. The fourth-order valence-electron chi connectivity index (χ4n) is 0.476. The molecule has 0 heterocycles. The van der Waals surface area contributed by atoms with Gasteiger partial charge in [0.25, 0.3) is 0 Å². The first kappa shape index (κ1) is 15.8. The Morgan fingerprint density at radius 2 is 1.92 bits per heavy atom. The minimum absolute atomic E-state index is 0. The molecule has 4 nitrogen and oxygen atoms in total. The van der Waals surface area contributed by atoms with Crippen molar-refractivity contribution in [3.05, 3.63) is 5.21 Å². The normalized spacial score (nSPS) is 17.9. The van der Waals surface area contributed by atoms with Crippen LogP contribution in [0, 0.1) is 5.21 Å². The van der Waals surface area contributed by atoms with Crippen LogP contribution in [0.4, 0.5) is 0 Å². The maximum Gasteiger partial charge on any atom is 1.00 e. The predicted octanol–water partition coefficient (Wildman–Crippen LogP) is -1.72. The van der Waals surface area contributed by atoms with Crippen molar-refractivity contribution in [2.24, 2.45) is 5.16 Å². The van der Waals surface area contributed by atoms with Crippen molar-refractivity contribution in [1.29, 1.82) is 0 Å². The molecule has 1 atom stereocenters. The molecule has 0 amide bonds. The van der Waals surface area contributed by atoms with Crippen molar-refractivity contribution in [2.45, 2.75) is 19.2 Å². The molecular weight excluding hydrogens is 204 g/mol. The van der Waals surface area contributed by atoms with Gasteiger partial charge >= 0.3 is 51.4 Å². The van der Waals surface area contributed by atoms with E-state index in [1.807, 2.05) is 0 Å². The third kappa shape index (κ3) is 3.58. The fourth-order valence-corrected chi connectivity index (χ4v) is 1.30. The predicted molar refractivity (Wildman–Crippen MR) is 46.6 cm³/mol. The zero-order valence-corrected chi connectivity index (χ0v) is 12.2. The molecular formula is C6H13KNO3P. The third-order valence-corrected chi connectivity index (χ3v) is 4.29. The average molecular weight is 217 g/mol. The first-order valence-electron chi connectivity index (χ1n) is 3.18. The SMILES string of the molecule is C/C(=N/[O-])C(C)(O)P(C)(C)=O.[K+]. The van der Waals surface area contributed by atoms with Gasteiger partial charge in [-0.05, 0) is 27.2 Å². The summed E-state index contributed by atoms with van der Waals surface area (Å²) >= 11 is 0. The number of nitrogens with zero attached hydrogens (tertiary/aromatic N) is 1. The second kappa shape index (κ2) is 5.24. The van der Waals surface area contributed by atoms with Crippen LogP contribution >= 0.6 is 7.14 Å². The molecule has 0 aromatic rings. The van der Waals surface area contributed by atoms with Crippen LogP contribution in [0.3, 0.4) is 0 Å². The molecule has 0 aromatic carbocycles. The second-order valence-electron chi connectivity index (χ2n) is 3.05. The molecule has 0 fully saturated rings. The van der Waals surface area contributed by atoms with Crippen LogP contribution in [0.2, 0.25) is 0 Å². The molecule has 6 heteroatoms. The molecule has 0 aromatic heterocycles. The molecule has 0 aliphatic heterocycles. The largest absolute Gasteiger partial charge is 1.00 e. The van der Waals surface area contributed by atoms with Gasteiger partial charge in [0, 0.05) is 5.71 Å². The second-order valence-corrected chi connectivity index (χ2v) is 6.62. The van der Waals surface area contributed by atoms with Gasteiger partial charge in [-0.15, -0.1) is 0 Å². The van der Waals surface area contributed by atoms with Gasteiger partial charge in [0.15, 0.2) is 5.34 Å². The van der Waals surface area contributed by atoms with Crippen molar-refractivity contribution < 1.29 is 61.1 Å². The van der Waals surface area contributed by atoms with Crippen molar-refractivity contribution in [3.8, 4) is 0 Å². The molecule has 0 bridgehead atoms. The standard InChI is InChI=1S/C6H14NO3P.K/c1-5(7-9)6(2,8)11(3,4)10;/h8-9H,1-4H3;/q;+1/p-1/b7-5-;. The first-order chi connectivity index (χ1) is 4.73. The van der Waals surface area contributed by atoms with E-state index in [1.54, 1.807) is 0 Å². The van der Waals surface area contributed by atoms with Gasteiger partial charge in [-0.1, -0.05) is 0 Å². The minimum atomic E-state index is -2.72. The summed E-state index contributed by atoms with van der Waals surface area (Å²) in [5.74, 6) is 0. The zero-order valence-electron chi connectivity index (χ0n) is 8.16. The van der Waals surface area contributed by atoms with Crippen molar-refractivity contribution in [3.63, 3.8) is 0 Å². The van der Waals surface area contributed by atoms with E-state index in [9.17, 15) is 14.9 Å². The molecule has 1 unspecified atom stereocenters. The van der Waals surface area contributed by atoms with E-state index in [0.717, 1.165) is 0 Å². The van der Waals surface area contributed by atoms with Gasteiger partial charge in [-0.2, -0.15) is 0 Å². The molecule has 0 saturated carbocycles. The molecule has 0 aliphatic carbocycles. The number of hydrogen-bond donors (Lipinski definition) is 1. The summed E-state index contributed by atoms with van der Waals surface area (Å²) in [6.45, 7) is 5.54. The van der Waals surface area contributed by atoms with Crippen LogP contribution < -0.4 is 51.4 Å². The van der Waals surface area contributed by atoms with Gasteiger partial charge in [0.05, 0.1) is 0 Å². The number of aliphatic hydroxyl groups is 1. The molecule has 0 aliphatic rings. The Morgan fingerprint density at radius 3 is 2.00 bits per heavy atom. The Hall–Kier alpha value is 1.30. The van der Waals surface area contributed by atoms with Crippen molar-refractivity contribution in [1.82, 2.24) is 0 Å². The average Bonchev–Trinajstić information content (AvgIpc) is 1.83. The molecule has 0 spiro atoms. The summed E-state index contributed by atoms with van der Waals surface area (Å²) in [5, 5.41) is 20.6. The maximum atomic E-state index is 11.4. The Morgan fingerprint density at radius 1 is 1.58 bits per heavy atom. The van der Waals surface area contributed by atoms with E-state index in [0.29, 0.717) is 0 Å². The maximum absolute atomic E-state index is 11.4. The van der Waals surface area contributed by atoms with Gasteiger partial charge < -0.3 is 20.0 Å². The van der Waals surface area contributed by atoms with E-state index >= 15 is 0 Å². The Labute approximate surface area is 115 Å². The topological polar surface area (TPSA) is 72.7 Å². The Kier molecular flexibility index (Phi) is 6.89. The minimum Gasteiger partial charge on any atom is -0.792 e. The molecule has 66 valence electrons. The number of hydrogen-bond acceptors (Lipinski definition) is 4. The summed E-state index contributed by atoms with van der Waals surface area (Å²) in [7, 11) is -2.72. The monoisotopic (exact) mass is 217 g/mol. The smallest absolute Gasteiger partial charge is 0.792 e. The summed E-state index contributed by atoms with van der Waals surface area (Å²) in [4.78, 5) is 0. The number of rotatable bonds is 2. The van der Waals surface area contributed by atoms with Gasteiger partial charge in [-0.3, -0.25) is 0 Å². The van der Waals surface area contributed by atoms with E-state index in [1.165, 1.54) is 27.2 Å². The summed E-state index contributed by atoms with van der Waals surface area (Å²) in [6.07, 6.45) is 0. The van der Waals surface area contributed by atoms with E-state index in [4.69, 9.17) is 0 Å². The van der Waals surface area contributed by atoms with Crippen LogP contribution in [0.15, 0.2) is 5.16 Å². The van der Waals surface area contributed by atoms with Gasteiger partial charge in [0.1, 0.15) is 7.14 Å². The van der Waals surface area contributed by atoms with Crippen LogP contribution in [-0.4, -0.2) is 29.5 Å².